The number of rotatable bonds is 5. The Balaban J connectivity index is 1.32. The Hall–Kier alpha value is -2.54. The Bertz CT molecular complexity index is 823. The van der Waals surface area contributed by atoms with E-state index in [0.29, 0.717) is 19.0 Å². The molecule has 0 atom stereocenters. The van der Waals surface area contributed by atoms with Crippen LogP contribution < -0.4 is 5.56 Å². The Morgan fingerprint density at radius 3 is 2.46 bits per heavy atom. The first-order chi connectivity index (χ1) is 12.7. The molecule has 0 bridgehead atoms. The summed E-state index contributed by atoms with van der Waals surface area (Å²) in [6.07, 6.45) is 5.85. The summed E-state index contributed by atoms with van der Waals surface area (Å²) in [6, 6.07) is 7.35. The predicted octanol–water partition coefficient (Wildman–Crippen LogP) is 0.860. The minimum absolute atomic E-state index is 0.0314. The van der Waals surface area contributed by atoms with Crippen LogP contribution in [0.4, 0.5) is 0 Å². The molecule has 2 fully saturated rings. The van der Waals surface area contributed by atoms with Crippen LogP contribution in [0.25, 0.3) is 0 Å². The van der Waals surface area contributed by atoms with Gasteiger partial charge >= 0.3 is 0 Å². The van der Waals surface area contributed by atoms with Crippen LogP contribution in [-0.2, 0) is 17.9 Å². The summed E-state index contributed by atoms with van der Waals surface area (Å²) in [5.41, 5.74) is 1.95. The lowest BCUT2D eigenvalue weighted by atomic mass is 10.2. The molecule has 2 aromatic heterocycles. The van der Waals surface area contributed by atoms with E-state index >= 15 is 0 Å². The zero-order chi connectivity index (χ0) is 17.9. The first-order valence-corrected chi connectivity index (χ1v) is 9.16. The highest BCUT2D eigenvalue weighted by Gasteiger charge is 2.26. The molecule has 3 heterocycles. The standard InChI is InChI=1S/C19H23N5O2/c25-18-4-3-17(16-1-2-16)21-24(18)14-19(26)23-11-9-22(10-12-23)13-15-5-7-20-8-6-15/h3-8,16H,1-2,9-14H2. The van der Waals surface area contributed by atoms with Crippen molar-refractivity contribution in [1.82, 2.24) is 24.6 Å². The number of carbonyl (C=O) groups excluding carboxylic acids is 1. The number of aromatic nitrogens is 3. The van der Waals surface area contributed by atoms with E-state index in [1.54, 1.807) is 18.5 Å². The third-order valence-electron chi connectivity index (χ3n) is 5.05. The van der Waals surface area contributed by atoms with E-state index in [4.69, 9.17) is 0 Å². The number of pyridine rings is 1. The minimum atomic E-state index is -0.209. The highest BCUT2D eigenvalue weighted by atomic mass is 16.2. The van der Waals surface area contributed by atoms with Crippen molar-refractivity contribution in [3.63, 3.8) is 0 Å². The van der Waals surface area contributed by atoms with E-state index in [2.05, 4.69) is 15.0 Å². The summed E-state index contributed by atoms with van der Waals surface area (Å²) in [5.74, 6) is 0.435. The van der Waals surface area contributed by atoms with Crippen LogP contribution >= 0.6 is 0 Å². The molecule has 136 valence electrons. The van der Waals surface area contributed by atoms with Crippen LogP contribution in [-0.4, -0.2) is 56.7 Å². The van der Waals surface area contributed by atoms with Crippen LogP contribution in [0.3, 0.4) is 0 Å². The Morgan fingerprint density at radius 1 is 1.04 bits per heavy atom. The molecule has 0 spiro atoms. The highest BCUT2D eigenvalue weighted by Crippen LogP contribution is 2.38. The van der Waals surface area contributed by atoms with Gasteiger partial charge in [0.05, 0.1) is 5.69 Å². The Morgan fingerprint density at radius 2 is 1.77 bits per heavy atom. The van der Waals surface area contributed by atoms with Gasteiger partial charge in [0.15, 0.2) is 0 Å². The maximum atomic E-state index is 12.6. The SMILES string of the molecule is O=C(Cn1nc(C2CC2)ccc1=O)N1CCN(Cc2ccncc2)CC1. The van der Waals surface area contributed by atoms with Gasteiger partial charge in [-0.15, -0.1) is 0 Å². The molecule has 1 aliphatic carbocycles. The molecule has 1 aliphatic heterocycles. The smallest absolute Gasteiger partial charge is 0.267 e. The zero-order valence-electron chi connectivity index (χ0n) is 14.8. The first kappa shape index (κ1) is 16.9. The van der Waals surface area contributed by atoms with Gasteiger partial charge < -0.3 is 4.90 Å². The minimum Gasteiger partial charge on any atom is -0.339 e. The number of hydrogen-bond donors (Lipinski definition) is 0. The fourth-order valence-electron chi connectivity index (χ4n) is 3.30. The van der Waals surface area contributed by atoms with Crippen molar-refractivity contribution in [3.05, 3.63) is 58.3 Å². The van der Waals surface area contributed by atoms with Crippen molar-refractivity contribution in [2.75, 3.05) is 26.2 Å². The highest BCUT2D eigenvalue weighted by molar-refractivity contribution is 5.76. The maximum Gasteiger partial charge on any atom is 0.267 e. The Kier molecular flexibility index (Phi) is 4.79. The largest absolute Gasteiger partial charge is 0.339 e. The molecule has 0 radical (unpaired) electrons. The normalized spacial score (nSPS) is 18.1. The monoisotopic (exact) mass is 353 g/mol. The van der Waals surface area contributed by atoms with Gasteiger partial charge in [-0.1, -0.05) is 0 Å². The molecule has 0 unspecified atom stereocenters. The van der Waals surface area contributed by atoms with Gasteiger partial charge in [0.1, 0.15) is 6.54 Å². The van der Waals surface area contributed by atoms with E-state index in [1.165, 1.54) is 16.3 Å². The Labute approximate surface area is 152 Å². The zero-order valence-corrected chi connectivity index (χ0v) is 14.8. The second-order valence-electron chi connectivity index (χ2n) is 7.04. The van der Waals surface area contributed by atoms with Gasteiger partial charge in [0.25, 0.3) is 5.56 Å². The van der Waals surface area contributed by atoms with E-state index in [1.807, 2.05) is 17.0 Å². The van der Waals surface area contributed by atoms with Gasteiger partial charge in [0, 0.05) is 57.1 Å². The molecule has 1 saturated heterocycles. The molecule has 2 aromatic rings. The van der Waals surface area contributed by atoms with Crippen molar-refractivity contribution in [2.24, 2.45) is 0 Å². The molecule has 0 N–H and O–H groups in total. The lowest BCUT2D eigenvalue weighted by molar-refractivity contribution is -0.133. The maximum absolute atomic E-state index is 12.6. The van der Waals surface area contributed by atoms with Crippen LogP contribution in [0, 0.1) is 0 Å². The summed E-state index contributed by atoms with van der Waals surface area (Å²) in [6.45, 7) is 3.93. The number of carbonyl (C=O) groups is 1. The van der Waals surface area contributed by atoms with Gasteiger partial charge in [-0.25, -0.2) is 4.68 Å². The summed E-state index contributed by atoms with van der Waals surface area (Å²) in [4.78, 5) is 32.8. The third kappa shape index (κ3) is 3.99. The average molecular weight is 353 g/mol. The lowest BCUT2D eigenvalue weighted by Gasteiger charge is -2.34. The molecule has 2 aliphatic rings. The van der Waals surface area contributed by atoms with Gasteiger partial charge in [-0.2, -0.15) is 5.10 Å². The molecule has 1 saturated carbocycles. The predicted molar refractivity (Wildman–Crippen MR) is 96.6 cm³/mol. The lowest BCUT2D eigenvalue weighted by Crippen LogP contribution is -2.49. The molecule has 4 rings (SSSR count). The van der Waals surface area contributed by atoms with Gasteiger partial charge in [0.2, 0.25) is 5.91 Å². The third-order valence-corrected chi connectivity index (χ3v) is 5.05. The van der Waals surface area contributed by atoms with E-state index in [9.17, 15) is 9.59 Å². The molecular formula is C19H23N5O2. The summed E-state index contributed by atoms with van der Waals surface area (Å²) in [7, 11) is 0. The van der Waals surface area contributed by atoms with Crippen molar-refractivity contribution in [2.45, 2.75) is 31.8 Å². The molecule has 26 heavy (non-hydrogen) atoms. The van der Waals surface area contributed by atoms with Crippen LogP contribution in [0.1, 0.15) is 30.0 Å². The number of nitrogens with zero attached hydrogens (tertiary/aromatic N) is 5. The van der Waals surface area contributed by atoms with Crippen LogP contribution in [0.5, 0.6) is 0 Å². The average Bonchev–Trinajstić information content (AvgIpc) is 3.50. The van der Waals surface area contributed by atoms with Crippen molar-refractivity contribution < 1.29 is 4.79 Å². The quantitative estimate of drug-likeness (QED) is 0.797. The topological polar surface area (TPSA) is 71.3 Å². The van der Waals surface area contributed by atoms with Crippen LogP contribution in [0.15, 0.2) is 41.5 Å². The summed E-state index contributed by atoms with van der Waals surface area (Å²) in [5, 5.41) is 4.38. The molecular weight excluding hydrogens is 330 g/mol. The number of hydrogen-bond acceptors (Lipinski definition) is 5. The number of piperazine rings is 1. The van der Waals surface area contributed by atoms with E-state index in [-0.39, 0.29) is 18.0 Å². The second kappa shape index (κ2) is 7.37. The van der Waals surface area contributed by atoms with Crippen LogP contribution in [0.2, 0.25) is 0 Å². The molecule has 1 amide bonds. The van der Waals surface area contributed by atoms with E-state index in [0.717, 1.165) is 38.2 Å². The first-order valence-electron chi connectivity index (χ1n) is 9.16. The van der Waals surface area contributed by atoms with Gasteiger partial charge in [-0.05, 0) is 36.6 Å². The van der Waals surface area contributed by atoms with Crippen molar-refractivity contribution in [1.29, 1.82) is 0 Å². The summed E-state index contributed by atoms with van der Waals surface area (Å²) >= 11 is 0. The van der Waals surface area contributed by atoms with Crippen molar-refractivity contribution in [3.8, 4) is 0 Å². The molecule has 0 aromatic carbocycles. The number of amides is 1. The fraction of sp³-hybridized carbons (Fsp3) is 0.474. The second-order valence-corrected chi connectivity index (χ2v) is 7.04. The van der Waals surface area contributed by atoms with E-state index < -0.39 is 0 Å². The fourth-order valence-corrected chi connectivity index (χ4v) is 3.30. The molecule has 7 heteroatoms. The molecule has 7 nitrogen and oxygen atoms in total. The van der Waals surface area contributed by atoms with Gasteiger partial charge in [-0.3, -0.25) is 19.5 Å². The summed E-state index contributed by atoms with van der Waals surface area (Å²) < 4.78 is 1.32. The van der Waals surface area contributed by atoms with Crippen molar-refractivity contribution >= 4 is 5.91 Å².